The molecule has 0 aromatic carbocycles. The number of hydrogen-bond acceptors (Lipinski definition) is 2. The molecule has 1 aromatic heterocycles. The number of rotatable bonds is 5. The molecule has 1 aliphatic rings. The van der Waals surface area contributed by atoms with Crippen LogP contribution in [0.15, 0.2) is 12.4 Å². The molecule has 1 N–H and O–H groups in total. The SMILES string of the molecule is CCC1CCCC(NCc2nccn2CC)C1. The van der Waals surface area contributed by atoms with E-state index in [0.717, 1.165) is 19.0 Å². The second-order valence-electron chi connectivity index (χ2n) is 5.15. The molecule has 17 heavy (non-hydrogen) atoms. The zero-order valence-electron chi connectivity index (χ0n) is 11.2. The number of aryl methyl sites for hydroxylation is 1. The van der Waals surface area contributed by atoms with Gasteiger partial charge >= 0.3 is 0 Å². The fraction of sp³-hybridized carbons (Fsp3) is 0.786. The van der Waals surface area contributed by atoms with Gasteiger partial charge in [-0.05, 0) is 25.7 Å². The van der Waals surface area contributed by atoms with Crippen LogP contribution in [0.4, 0.5) is 0 Å². The first kappa shape index (κ1) is 12.6. The summed E-state index contributed by atoms with van der Waals surface area (Å²) in [5, 5.41) is 3.68. The second kappa shape index (κ2) is 6.20. The minimum Gasteiger partial charge on any atom is -0.334 e. The van der Waals surface area contributed by atoms with Crippen molar-refractivity contribution in [3.05, 3.63) is 18.2 Å². The molecule has 1 aliphatic carbocycles. The molecule has 1 saturated carbocycles. The van der Waals surface area contributed by atoms with Crippen molar-refractivity contribution >= 4 is 0 Å². The van der Waals surface area contributed by atoms with E-state index in [1.165, 1.54) is 37.9 Å². The van der Waals surface area contributed by atoms with Gasteiger partial charge in [0.15, 0.2) is 0 Å². The lowest BCUT2D eigenvalue weighted by Crippen LogP contribution is -2.34. The Balaban J connectivity index is 1.81. The monoisotopic (exact) mass is 235 g/mol. The van der Waals surface area contributed by atoms with Crippen LogP contribution in [0.1, 0.15) is 51.8 Å². The van der Waals surface area contributed by atoms with Gasteiger partial charge in [0.1, 0.15) is 5.82 Å². The average Bonchev–Trinajstić information content (AvgIpc) is 2.84. The van der Waals surface area contributed by atoms with Gasteiger partial charge in [-0.2, -0.15) is 0 Å². The topological polar surface area (TPSA) is 29.9 Å². The van der Waals surface area contributed by atoms with Crippen LogP contribution in [0.25, 0.3) is 0 Å². The normalized spacial score (nSPS) is 25.1. The third kappa shape index (κ3) is 3.32. The summed E-state index contributed by atoms with van der Waals surface area (Å²) in [5.41, 5.74) is 0. The summed E-state index contributed by atoms with van der Waals surface area (Å²) < 4.78 is 2.22. The lowest BCUT2D eigenvalue weighted by molar-refractivity contribution is 0.276. The molecule has 0 amide bonds. The van der Waals surface area contributed by atoms with E-state index in [1.54, 1.807) is 0 Å². The Kier molecular flexibility index (Phi) is 4.60. The fourth-order valence-electron chi connectivity index (χ4n) is 2.88. The number of aromatic nitrogens is 2. The van der Waals surface area contributed by atoms with Crippen molar-refractivity contribution in [3.63, 3.8) is 0 Å². The smallest absolute Gasteiger partial charge is 0.122 e. The van der Waals surface area contributed by atoms with Gasteiger partial charge in [-0.25, -0.2) is 4.98 Å². The van der Waals surface area contributed by atoms with Gasteiger partial charge in [-0.15, -0.1) is 0 Å². The maximum Gasteiger partial charge on any atom is 0.122 e. The second-order valence-corrected chi connectivity index (χ2v) is 5.15. The van der Waals surface area contributed by atoms with Crippen LogP contribution in [-0.2, 0) is 13.1 Å². The lowest BCUT2D eigenvalue weighted by atomic mass is 9.84. The van der Waals surface area contributed by atoms with Crippen LogP contribution in [-0.4, -0.2) is 15.6 Å². The molecule has 0 aliphatic heterocycles. The Labute approximate surface area is 105 Å². The molecule has 1 heterocycles. The highest BCUT2D eigenvalue weighted by atomic mass is 15.1. The maximum absolute atomic E-state index is 4.41. The first-order valence-corrected chi connectivity index (χ1v) is 7.06. The van der Waals surface area contributed by atoms with Crippen LogP contribution < -0.4 is 5.32 Å². The Morgan fingerprint density at radius 2 is 2.29 bits per heavy atom. The van der Waals surface area contributed by atoms with Crippen molar-refractivity contribution < 1.29 is 0 Å². The summed E-state index contributed by atoms with van der Waals surface area (Å²) >= 11 is 0. The Morgan fingerprint density at radius 1 is 1.41 bits per heavy atom. The average molecular weight is 235 g/mol. The maximum atomic E-state index is 4.41. The Bertz CT molecular complexity index is 332. The molecule has 1 fully saturated rings. The molecule has 3 nitrogen and oxygen atoms in total. The largest absolute Gasteiger partial charge is 0.334 e. The highest BCUT2D eigenvalue weighted by Crippen LogP contribution is 2.26. The van der Waals surface area contributed by atoms with Gasteiger partial charge < -0.3 is 9.88 Å². The minimum atomic E-state index is 0.704. The van der Waals surface area contributed by atoms with E-state index in [9.17, 15) is 0 Å². The van der Waals surface area contributed by atoms with Gasteiger partial charge in [-0.3, -0.25) is 0 Å². The van der Waals surface area contributed by atoms with Crippen LogP contribution in [0.5, 0.6) is 0 Å². The van der Waals surface area contributed by atoms with Gasteiger partial charge in [0.25, 0.3) is 0 Å². The number of imidazole rings is 1. The molecule has 1 aromatic rings. The van der Waals surface area contributed by atoms with Gasteiger partial charge in [0.05, 0.1) is 6.54 Å². The van der Waals surface area contributed by atoms with Gasteiger partial charge in [-0.1, -0.05) is 26.2 Å². The quantitative estimate of drug-likeness (QED) is 0.850. The zero-order chi connectivity index (χ0) is 12.1. The van der Waals surface area contributed by atoms with E-state index in [-0.39, 0.29) is 0 Å². The Morgan fingerprint density at radius 3 is 3.06 bits per heavy atom. The molecule has 0 spiro atoms. The molecule has 0 saturated heterocycles. The number of hydrogen-bond donors (Lipinski definition) is 1. The summed E-state index contributed by atoms with van der Waals surface area (Å²) in [6.07, 6.45) is 10.8. The minimum absolute atomic E-state index is 0.704. The van der Waals surface area contributed by atoms with Crippen molar-refractivity contribution in [1.82, 2.24) is 14.9 Å². The number of nitrogens with one attached hydrogen (secondary N) is 1. The summed E-state index contributed by atoms with van der Waals surface area (Å²) in [6.45, 7) is 6.41. The third-order valence-corrected chi connectivity index (χ3v) is 4.05. The molecular weight excluding hydrogens is 210 g/mol. The van der Waals surface area contributed by atoms with Crippen molar-refractivity contribution in [2.45, 2.75) is 65.1 Å². The number of nitrogens with zero attached hydrogens (tertiary/aromatic N) is 2. The summed E-state index contributed by atoms with van der Waals surface area (Å²) in [5.74, 6) is 2.11. The molecule has 0 radical (unpaired) electrons. The van der Waals surface area contributed by atoms with Crippen LogP contribution in [0, 0.1) is 5.92 Å². The van der Waals surface area contributed by atoms with E-state index in [4.69, 9.17) is 0 Å². The van der Waals surface area contributed by atoms with Crippen molar-refractivity contribution in [3.8, 4) is 0 Å². The Hall–Kier alpha value is -0.830. The van der Waals surface area contributed by atoms with Crippen molar-refractivity contribution in [2.75, 3.05) is 0 Å². The van der Waals surface area contributed by atoms with Crippen molar-refractivity contribution in [2.24, 2.45) is 5.92 Å². The zero-order valence-corrected chi connectivity index (χ0v) is 11.2. The summed E-state index contributed by atoms with van der Waals surface area (Å²) in [7, 11) is 0. The van der Waals surface area contributed by atoms with Gasteiger partial charge in [0, 0.05) is 25.0 Å². The molecule has 2 unspecified atom stereocenters. The highest BCUT2D eigenvalue weighted by molar-refractivity contribution is 4.92. The van der Waals surface area contributed by atoms with Crippen molar-refractivity contribution in [1.29, 1.82) is 0 Å². The highest BCUT2D eigenvalue weighted by Gasteiger charge is 2.20. The van der Waals surface area contributed by atoms with Crippen LogP contribution in [0.2, 0.25) is 0 Å². The van der Waals surface area contributed by atoms with Crippen LogP contribution in [0.3, 0.4) is 0 Å². The molecule has 3 heteroatoms. The first-order chi connectivity index (χ1) is 8.33. The molecule has 2 rings (SSSR count). The predicted molar refractivity (Wildman–Crippen MR) is 70.8 cm³/mol. The van der Waals surface area contributed by atoms with Crippen LogP contribution >= 0.6 is 0 Å². The predicted octanol–water partition coefficient (Wildman–Crippen LogP) is 2.96. The van der Waals surface area contributed by atoms with E-state index in [1.807, 2.05) is 6.20 Å². The lowest BCUT2D eigenvalue weighted by Gasteiger charge is -2.29. The molecule has 2 atom stereocenters. The van der Waals surface area contributed by atoms with E-state index in [2.05, 4.69) is 34.9 Å². The molecule has 0 bridgehead atoms. The van der Waals surface area contributed by atoms with Gasteiger partial charge in [0.2, 0.25) is 0 Å². The third-order valence-electron chi connectivity index (χ3n) is 4.05. The fourth-order valence-corrected chi connectivity index (χ4v) is 2.88. The summed E-state index contributed by atoms with van der Waals surface area (Å²) in [4.78, 5) is 4.41. The molecule has 96 valence electrons. The summed E-state index contributed by atoms with van der Waals surface area (Å²) in [6, 6.07) is 0.704. The van der Waals surface area contributed by atoms with E-state index in [0.29, 0.717) is 6.04 Å². The van der Waals surface area contributed by atoms with E-state index >= 15 is 0 Å². The first-order valence-electron chi connectivity index (χ1n) is 7.06. The standard InChI is InChI=1S/C14H25N3/c1-3-12-6-5-7-13(10-12)16-11-14-15-8-9-17(14)4-2/h8-9,12-13,16H,3-7,10-11H2,1-2H3. The molecular formula is C14H25N3. The van der Waals surface area contributed by atoms with E-state index < -0.39 is 0 Å².